The van der Waals surface area contributed by atoms with Crippen molar-refractivity contribution in [3.05, 3.63) is 28.8 Å². The Morgan fingerprint density at radius 2 is 2.15 bits per heavy atom. The molecule has 0 amide bonds. The van der Waals surface area contributed by atoms with Gasteiger partial charge in [0.2, 0.25) is 0 Å². The van der Waals surface area contributed by atoms with Gasteiger partial charge in [-0.3, -0.25) is 0 Å². The van der Waals surface area contributed by atoms with Gasteiger partial charge >= 0.3 is 0 Å². The maximum Gasteiger partial charge on any atom is 0.123 e. The summed E-state index contributed by atoms with van der Waals surface area (Å²) in [6.07, 6.45) is 3.55. The zero-order valence-electron chi connectivity index (χ0n) is 12.3. The normalized spacial score (nSPS) is 16.3. The van der Waals surface area contributed by atoms with E-state index in [-0.39, 0.29) is 0 Å². The van der Waals surface area contributed by atoms with Crippen molar-refractivity contribution in [2.45, 2.75) is 32.7 Å². The number of halogens is 1. The first-order valence-electron chi connectivity index (χ1n) is 7.62. The molecule has 0 bridgehead atoms. The van der Waals surface area contributed by atoms with Crippen molar-refractivity contribution in [2.24, 2.45) is 5.92 Å². The fourth-order valence-electron chi connectivity index (χ4n) is 2.54. The molecule has 1 aromatic carbocycles. The van der Waals surface area contributed by atoms with E-state index in [1.54, 1.807) is 0 Å². The molecule has 0 radical (unpaired) electrons. The third-order valence-corrected chi connectivity index (χ3v) is 3.93. The average Bonchev–Trinajstić information content (AvgIpc) is 2.47. The van der Waals surface area contributed by atoms with Gasteiger partial charge < -0.3 is 15.4 Å². The molecule has 1 saturated heterocycles. The quantitative estimate of drug-likeness (QED) is 0.810. The van der Waals surface area contributed by atoms with Crippen LogP contribution in [0.1, 0.15) is 31.7 Å². The van der Waals surface area contributed by atoms with Crippen LogP contribution in [0.3, 0.4) is 0 Å². The summed E-state index contributed by atoms with van der Waals surface area (Å²) in [4.78, 5) is 0. The molecule has 0 spiro atoms. The minimum Gasteiger partial charge on any atom is -0.493 e. The minimum atomic E-state index is 0.753. The topological polar surface area (TPSA) is 33.3 Å². The molecule has 1 aromatic rings. The van der Waals surface area contributed by atoms with Crippen LogP contribution in [-0.2, 0) is 6.54 Å². The maximum absolute atomic E-state index is 6.09. The predicted octanol–water partition coefficient (Wildman–Crippen LogP) is 3.22. The van der Waals surface area contributed by atoms with E-state index < -0.39 is 0 Å². The first kappa shape index (κ1) is 15.6. The van der Waals surface area contributed by atoms with Crippen molar-refractivity contribution in [3.8, 4) is 5.75 Å². The molecule has 1 aliphatic heterocycles. The van der Waals surface area contributed by atoms with E-state index in [9.17, 15) is 0 Å². The average molecular weight is 297 g/mol. The highest BCUT2D eigenvalue weighted by atomic mass is 35.5. The first-order valence-corrected chi connectivity index (χ1v) is 8.00. The second kappa shape index (κ2) is 8.50. The smallest absolute Gasteiger partial charge is 0.123 e. The van der Waals surface area contributed by atoms with Crippen LogP contribution in [0.4, 0.5) is 0 Å². The molecule has 1 aliphatic rings. The Bertz CT molecular complexity index is 405. The molecule has 2 N–H and O–H groups in total. The highest BCUT2D eigenvalue weighted by Gasteiger charge is 2.12. The van der Waals surface area contributed by atoms with Crippen LogP contribution in [-0.4, -0.2) is 26.2 Å². The largest absolute Gasteiger partial charge is 0.493 e. The number of piperidine rings is 1. The van der Waals surface area contributed by atoms with E-state index in [2.05, 4.69) is 17.6 Å². The van der Waals surface area contributed by atoms with Crippen LogP contribution in [0.2, 0.25) is 5.02 Å². The molecule has 112 valence electrons. The fourth-order valence-corrected chi connectivity index (χ4v) is 2.73. The molecule has 0 aromatic heterocycles. The molecule has 0 saturated carbocycles. The Balaban J connectivity index is 1.85. The van der Waals surface area contributed by atoms with Crippen molar-refractivity contribution in [3.63, 3.8) is 0 Å². The molecule has 0 unspecified atom stereocenters. The van der Waals surface area contributed by atoms with Gasteiger partial charge in [-0.1, -0.05) is 18.5 Å². The molecule has 1 fully saturated rings. The zero-order chi connectivity index (χ0) is 14.2. The SMILES string of the molecule is CCCOc1ccc(Cl)cc1CNCC1CCNCC1. The third kappa shape index (κ3) is 4.97. The van der Waals surface area contributed by atoms with Gasteiger partial charge in [0.15, 0.2) is 0 Å². The fraction of sp³-hybridized carbons (Fsp3) is 0.625. The number of ether oxygens (including phenoxy) is 1. The summed E-state index contributed by atoms with van der Waals surface area (Å²) in [5, 5.41) is 7.72. The monoisotopic (exact) mass is 296 g/mol. The van der Waals surface area contributed by atoms with Gasteiger partial charge in [-0.25, -0.2) is 0 Å². The molecule has 4 heteroatoms. The van der Waals surface area contributed by atoms with Crippen molar-refractivity contribution < 1.29 is 4.74 Å². The summed E-state index contributed by atoms with van der Waals surface area (Å²) < 4.78 is 5.78. The van der Waals surface area contributed by atoms with E-state index >= 15 is 0 Å². The van der Waals surface area contributed by atoms with Crippen LogP contribution in [0.25, 0.3) is 0 Å². The zero-order valence-corrected chi connectivity index (χ0v) is 13.0. The van der Waals surface area contributed by atoms with Gasteiger partial charge in [0.1, 0.15) is 5.75 Å². The minimum absolute atomic E-state index is 0.753. The Morgan fingerprint density at radius 3 is 2.90 bits per heavy atom. The van der Waals surface area contributed by atoms with Gasteiger partial charge in [-0.2, -0.15) is 0 Å². The Labute approximate surface area is 127 Å². The number of hydrogen-bond donors (Lipinski definition) is 2. The molecule has 1 heterocycles. The van der Waals surface area contributed by atoms with Crippen molar-refractivity contribution >= 4 is 11.6 Å². The van der Waals surface area contributed by atoms with Crippen LogP contribution >= 0.6 is 11.6 Å². The summed E-state index contributed by atoms with van der Waals surface area (Å²) in [6.45, 7) is 7.06. The molecule has 2 rings (SSSR count). The highest BCUT2D eigenvalue weighted by Crippen LogP contribution is 2.23. The van der Waals surface area contributed by atoms with E-state index in [1.165, 1.54) is 12.8 Å². The summed E-state index contributed by atoms with van der Waals surface area (Å²) in [5.41, 5.74) is 1.15. The van der Waals surface area contributed by atoms with Crippen molar-refractivity contribution in [1.29, 1.82) is 0 Å². The van der Waals surface area contributed by atoms with Crippen LogP contribution in [0, 0.1) is 5.92 Å². The lowest BCUT2D eigenvalue weighted by atomic mass is 9.98. The van der Waals surface area contributed by atoms with Crippen molar-refractivity contribution in [1.82, 2.24) is 10.6 Å². The highest BCUT2D eigenvalue weighted by molar-refractivity contribution is 6.30. The Kier molecular flexibility index (Phi) is 6.64. The summed E-state index contributed by atoms with van der Waals surface area (Å²) in [6, 6.07) is 5.87. The van der Waals surface area contributed by atoms with Gasteiger partial charge in [0, 0.05) is 17.1 Å². The lowest BCUT2D eigenvalue weighted by molar-refractivity contribution is 0.311. The second-order valence-corrected chi connectivity index (χ2v) is 5.86. The number of nitrogens with one attached hydrogen (secondary N) is 2. The van der Waals surface area contributed by atoms with E-state index in [0.717, 1.165) is 61.5 Å². The standard InChI is InChI=1S/C16H25ClN2O/c1-2-9-20-16-4-3-15(17)10-14(16)12-19-11-13-5-7-18-8-6-13/h3-4,10,13,18-19H,2,5-9,11-12H2,1H3. The molecular formula is C16H25ClN2O. The first-order chi connectivity index (χ1) is 9.79. The number of benzene rings is 1. The van der Waals surface area contributed by atoms with Crippen molar-refractivity contribution in [2.75, 3.05) is 26.2 Å². The number of rotatable bonds is 7. The molecule has 20 heavy (non-hydrogen) atoms. The molecular weight excluding hydrogens is 272 g/mol. The maximum atomic E-state index is 6.09. The molecule has 3 nitrogen and oxygen atoms in total. The van der Waals surface area contributed by atoms with Gasteiger partial charge in [-0.05, 0) is 63.0 Å². The lowest BCUT2D eigenvalue weighted by Crippen LogP contribution is -2.33. The molecule has 0 aliphatic carbocycles. The van der Waals surface area contributed by atoms with E-state index in [4.69, 9.17) is 16.3 Å². The van der Waals surface area contributed by atoms with Crippen LogP contribution in [0.5, 0.6) is 5.75 Å². The summed E-state index contributed by atoms with van der Waals surface area (Å²) >= 11 is 6.09. The molecule has 0 atom stereocenters. The summed E-state index contributed by atoms with van der Waals surface area (Å²) in [5.74, 6) is 1.74. The van der Waals surface area contributed by atoms with Crippen LogP contribution < -0.4 is 15.4 Å². The Morgan fingerprint density at radius 1 is 1.35 bits per heavy atom. The van der Waals surface area contributed by atoms with Gasteiger partial charge in [0.05, 0.1) is 6.61 Å². The Hall–Kier alpha value is -0.770. The third-order valence-electron chi connectivity index (χ3n) is 3.69. The van der Waals surface area contributed by atoms with E-state index in [1.807, 2.05) is 18.2 Å². The second-order valence-electron chi connectivity index (χ2n) is 5.42. The summed E-state index contributed by atoms with van der Waals surface area (Å²) in [7, 11) is 0. The van der Waals surface area contributed by atoms with Crippen LogP contribution in [0.15, 0.2) is 18.2 Å². The van der Waals surface area contributed by atoms with Gasteiger partial charge in [-0.15, -0.1) is 0 Å². The number of hydrogen-bond acceptors (Lipinski definition) is 3. The lowest BCUT2D eigenvalue weighted by Gasteiger charge is -2.23. The predicted molar refractivity (Wildman–Crippen MR) is 84.5 cm³/mol. The van der Waals surface area contributed by atoms with E-state index in [0.29, 0.717) is 0 Å². The van der Waals surface area contributed by atoms with Gasteiger partial charge in [0.25, 0.3) is 0 Å².